The molecule has 140 valence electrons. The van der Waals surface area contributed by atoms with E-state index in [0.717, 1.165) is 22.3 Å². The molecule has 8 heteroatoms. The molecule has 2 N–H and O–H groups in total. The van der Waals surface area contributed by atoms with E-state index >= 15 is 0 Å². The van der Waals surface area contributed by atoms with Crippen molar-refractivity contribution in [3.8, 4) is 11.4 Å². The van der Waals surface area contributed by atoms with Gasteiger partial charge in [-0.05, 0) is 36.4 Å². The van der Waals surface area contributed by atoms with Gasteiger partial charge < -0.3 is 10.6 Å². The molecule has 0 saturated heterocycles. The Hall–Kier alpha value is -2.96. The maximum absolute atomic E-state index is 6.35. The maximum Gasteiger partial charge on any atom is 0.222 e. The van der Waals surface area contributed by atoms with Gasteiger partial charge in [-0.25, -0.2) is 19.9 Å². The van der Waals surface area contributed by atoms with E-state index < -0.39 is 0 Å². The van der Waals surface area contributed by atoms with Crippen LogP contribution in [0.2, 0.25) is 10.0 Å². The molecular weight excluding hydrogens is 395 g/mol. The fourth-order valence-electron chi connectivity index (χ4n) is 2.75. The van der Waals surface area contributed by atoms with Crippen LogP contribution >= 0.6 is 23.2 Å². The van der Waals surface area contributed by atoms with Crippen molar-refractivity contribution in [3.63, 3.8) is 0 Å². The van der Waals surface area contributed by atoms with Crippen LogP contribution in [0.25, 0.3) is 22.3 Å². The molecule has 0 saturated carbocycles. The first-order valence-electron chi connectivity index (χ1n) is 8.68. The van der Waals surface area contributed by atoms with Crippen molar-refractivity contribution in [2.24, 2.45) is 0 Å². The summed E-state index contributed by atoms with van der Waals surface area (Å²) in [5.74, 6) is 1.87. The number of halogens is 2. The first-order valence-corrected chi connectivity index (χ1v) is 9.43. The fourth-order valence-corrected chi connectivity index (χ4v) is 3.24. The van der Waals surface area contributed by atoms with Gasteiger partial charge in [0, 0.05) is 41.5 Å². The summed E-state index contributed by atoms with van der Waals surface area (Å²) in [7, 11) is 0. The molecule has 4 aromatic rings. The van der Waals surface area contributed by atoms with Gasteiger partial charge in [-0.1, -0.05) is 35.3 Å². The van der Waals surface area contributed by atoms with Crippen LogP contribution < -0.4 is 10.6 Å². The number of anilines is 2. The number of fused-ring (bicyclic) bond motifs is 1. The summed E-state index contributed by atoms with van der Waals surface area (Å²) >= 11 is 12.4. The molecule has 0 aliphatic carbocycles. The van der Waals surface area contributed by atoms with Crippen molar-refractivity contribution < 1.29 is 0 Å². The summed E-state index contributed by atoms with van der Waals surface area (Å²) in [6, 6.07) is 14.9. The van der Waals surface area contributed by atoms with Crippen LogP contribution in [0.15, 0.2) is 60.9 Å². The van der Waals surface area contributed by atoms with Crippen molar-refractivity contribution in [3.05, 3.63) is 71.0 Å². The summed E-state index contributed by atoms with van der Waals surface area (Å²) in [6.07, 6.45) is 3.39. The van der Waals surface area contributed by atoms with Crippen LogP contribution in [0.5, 0.6) is 0 Å². The molecule has 2 aromatic heterocycles. The molecule has 28 heavy (non-hydrogen) atoms. The summed E-state index contributed by atoms with van der Waals surface area (Å²) in [5.41, 5.74) is 1.57. The molecule has 0 fully saturated rings. The van der Waals surface area contributed by atoms with Crippen molar-refractivity contribution in [2.75, 3.05) is 23.7 Å². The lowest BCUT2D eigenvalue weighted by Gasteiger charge is -2.12. The monoisotopic (exact) mass is 410 g/mol. The van der Waals surface area contributed by atoms with Crippen LogP contribution in [0.4, 0.5) is 11.8 Å². The molecule has 2 heterocycles. The maximum atomic E-state index is 6.35. The molecule has 6 nitrogen and oxygen atoms in total. The van der Waals surface area contributed by atoms with E-state index in [2.05, 4.69) is 25.6 Å². The SMILES string of the molecule is Clc1ccc(-c2nc(NCCNc3ncccn3)c3ccccc3n2)c(Cl)c1. The van der Waals surface area contributed by atoms with Gasteiger partial charge in [-0.3, -0.25) is 0 Å². The minimum Gasteiger partial charge on any atom is -0.368 e. The number of hydrogen-bond acceptors (Lipinski definition) is 6. The Balaban J connectivity index is 1.59. The minimum absolute atomic E-state index is 0.511. The predicted octanol–water partition coefficient (Wildman–Crippen LogP) is 4.92. The summed E-state index contributed by atoms with van der Waals surface area (Å²) in [4.78, 5) is 17.6. The number of aromatic nitrogens is 4. The van der Waals surface area contributed by atoms with Gasteiger partial charge in [0.15, 0.2) is 5.82 Å². The van der Waals surface area contributed by atoms with Crippen LogP contribution in [0.1, 0.15) is 0 Å². The fraction of sp³-hybridized carbons (Fsp3) is 0.100. The molecule has 0 aliphatic heterocycles. The lowest BCUT2D eigenvalue weighted by Crippen LogP contribution is -2.16. The summed E-state index contributed by atoms with van der Waals surface area (Å²) in [5, 5.41) is 8.54. The second-order valence-corrected chi connectivity index (χ2v) is 6.81. The first-order chi connectivity index (χ1) is 13.7. The number of para-hydroxylation sites is 1. The van der Waals surface area contributed by atoms with E-state index in [9.17, 15) is 0 Å². The van der Waals surface area contributed by atoms with Crippen LogP contribution in [0, 0.1) is 0 Å². The quantitative estimate of drug-likeness (QED) is 0.439. The summed E-state index contributed by atoms with van der Waals surface area (Å²) < 4.78 is 0. The molecule has 4 rings (SSSR count). The Morgan fingerprint density at radius 1 is 0.821 bits per heavy atom. The van der Waals surface area contributed by atoms with E-state index in [1.54, 1.807) is 30.6 Å². The average Bonchev–Trinajstić information content (AvgIpc) is 2.72. The second kappa shape index (κ2) is 8.37. The zero-order valence-corrected chi connectivity index (χ0v) is 16.2. The number of hydrogen-bond donors (Lipinski definition) is 2. The first kappa shape index (κ1) is 18.4. The second-order valence-electron chi connectivity index (χ2n) is 5.96. The lowest BCUT2D eigenvalue weighted by molar-refractivity contribution is 1.02. The number of nitrogens with one attached hydrogen (secondary N) is 2. The molecule has 0 amide bonds. The van der Waals surface area contributed by atoms with E-state index in [4.69, 9.17) is 28.2 Å². The van der Waals surface area contributed by atoms with E-state index in [1.165, 1.54) is 0 Å². The van der Waals surface area contributed by atoms with Gasteiger partial charge in [-0.2, -0.15) is 0 Å². The Morgan fingerprint density at radius 3 is 2.43 bits per heavy atom. The highest BCUT2D eigenvalue weighted by Gasteiger charge is 2.12. The molecule has 0 unspecified atom stereocenters. The molecule has 0 aliphatic rings. The van der Waals surface area contributed by atoms with E-state index in [-0.39, 0.29) is 0 Å². The number of nitrogens with zero attached hydrogens (tertiary/aromatic N) is 4. The zero-order valence-electron chi connectivity index (χ0n) is 14.7. The van der Waals surface area contributed by atoms with Gasteiger partial charge in [0.05, 0.1) is 10.5 Å². The topological polar surface area (TPSA) is 75.6 Å². The third kappa shape index (κ3) is 4.13. The van der Waals surface area contributed by atoms with Gasteiger partial charge >= 0.3 is 0 Å². The molecule has 0 bridgehead atoms. The third-order valence-corrected chi connectivity index (χ3v) is 4.59. The van der Waals surface area contributed by atoms with Crippen LogP contribution in [-0.2, 0) is 0 Å². The van der Waals surface area contributed by atoms with Crippen molar-refractivity contribution in [2.45, 2.75) is 0 Å². The Kier molecular flexibility index (Phi) is 5.50. The van der Waals surface area contributed by atoms with Crippen molar-refractivity contribution in [1.82, 2.24) is 19.9 Å². The van der Waals surface area contributed by atoms with Crippen molar-refractivity contribution in [1.29, 1.82) is 0 Å². The lowest BCUT2D eigenvalue weighted by atomic mass is 10.2. The van der Waals surface area contributed by atoms with Crippen LogP contribution in [0.3, 0.4) is 0 Å². The van der Waals surface area contributed by atoms with Gasteiger partial charge in [-0.15, -0.1) is 0 Å². The third-order valence-electron chi connectivity index (χ3n) is 4.04. The molecule has 0 spiro atoms. The Morgan fingerprint density at radius 2 is 1.61 bits per heavy atom. The average molecular weight is 411 g/mol. The van der Waals surface area contributed by atoms with Gasteiger partial charge in [0.25, 0.3) is 0 Å². The minimum atomic E-state index is 0.511. The number of rotatable bonds is 6. The Bertz CT molecular complexity index is 1100. The van der Waals surface area contributed by atoms with E-state index in [0.29, 0.717) is 34.9 Å². The smallest absolute Gasteiger partial charge is 0.222 e. The largest absolute Gasteiger partial charge is 0.368 e. The van der Waals surface area contributed by atoms with E-state index in [1.807, 2.05) is 30.3 Å². The predicted molar refractivity (Wildman–Crippen MR) is 114 cm³/mol. The normalized spacial score (nSPS) is 10.8. The molecule has 2 aromatic carbocycles. The zero-order chi connectivity index (χ0) is 19.3. The Labute approximate surface area is 172 Å². The summed E-state index contributed by atoms with van der Waals surface area (Å²) in [6.45, 7) is 1.27. The number of benzene rings is 2. The molecule has 0 radical (unpaired) electrons. The molecular formula is C20H16Cl2N6. The van der Waals surface area contributed by atoms with Gasteiger partial charge in [0.2, 0.25) is 5.95 Å². The highest BCUT2D eigenvalue weighted by atomic mass is 35.5. The van der Waals surface area contributed by atoms with Crippen molar-refractivity contribution >= 4 is 45.9 Å². The highest BCUT2D eigenvalue weighted by Crippen LogP contribution is 2.31. The molecule has 0 atom stereocenters. The highest BCUT2D eigenvalue weighted by molar-refractivity contribution is 6.36. The van der Waals surface area contributed by atoms with Crippen LogP contribution in [-0.4, -0.2) is 33.0 Å². The van der Waals surface area contributed by atoms with Gasteiger partial charge in [0.1, 0.15) is 5.82 Å². The standard InChI is InChI=1S/C20H16Cl2N6/c21-13-6-7-14(16(22)12-13)19-27-17-5-2-1-4-15(17)18(28-19)23-10-11-26-20-24-8-3-9-25-20/h1-9,12H,10-11H2,(H,23,27,28)(H,24,25,26).